The maximum Gasteiger partial charge on any atom is 2.00 e. The minimum atomic E-state index is -3.80. The van der Waals surface area contributed by atoms with Crippen LogP contribution < -0.4 is 0 Å². The van der Waals surface area contributed by atoms with E-state index in [1.165, 1.54) is 89.9 Å². The fraction of sp³-hybridized carbons (Fsp3) is 1.00. The van der Waals surface area contributed by atoms with Crippen molar-refractivity contribution in [3.8, 4) is 0 Å². The van der Waals surface area contributed by atoms with Crippen LogP contribution in [0, 0.1) is 0 Å². The summed E-state index contributed by atoms with van der Waals surface area (Å²) in [5, 5.41) is 0. The molecule has 4 nitrogen and oxygen atoms in total. The Morgan fingerprint density at radius 2 is 0.667 bits per heavy atom. The van der Waals surface area contributed by atoms with Crippen molar-refractivity contribution in [3.63, 3.8) is 0 Å². The molecule has 30 heavy (non-hydrogen) atoms. The average Bonchev–Trinajstić information content (AvgIpc) is 2.70. The normalized spacial score (nSPS) is 11.5. The Kier molecular flexibility index (Phi) is 28.0. The fourth-order valence-corrected chi connectivity index (χ4v) is 4.25. The van der Waals surface area contributed by atoms with Gasteiger partial charge in [-0.15, -0.1) is 0 Å². The van der Waals surface area contributed by atoms with Crippen molar-refractivity contribution in [1.82, 2.24) is 0 Å². The van der Waals surface area contributed by atoms with Crippen molar-refractivity contribution >= 4 is 10.4 Å². The van der Waals surface area contributed by atoms with Crippen molar-refractivity contribution in [2.45, 2.75) is 142 Å². The van der Waals surface area contributed by atoms with E-state index in [0.29, 0.717) is 0 Å². The molecule has 0 unspecified atom stereocenters. The first-order valence-corrected chi connectivity index (χ1v) is 14.0. The van der Waals surface area contributed by atoms with E-state index in [4.69, 9.17) is 8.37 Å². The first kappa shape index (κ1) is 32.7. The van der Waals surface area contributed by atoms with E-state index >= 15 is 0 Å². The van der Waals surface area contributed by atoms with Gasteiger partial charge >= 0.3 is 29.9 Å². The van der Waals surface area contributed by atoms with Crippen molar-refractivity contribution in [3.05, 3.63) is 0 Å². The molecule has 0 spiro atoms. The van der Waals surface area contributed by atoms with Gasteiger partial charge in [-0.05, 0) is 12.8 Å². The zero-order chi connectivity index (χ0) is 21.5. The summed E-state index contributed by atoms with van der Waals surface area (Å²) in [6, 6.07) is 0. The Morgan fingerprint density at radius 3 is 0.933 bits per heavy atom. The molecular formula is C24H50O4SZn+2. The molecule has 0 bridgehead atoms. The third-order valence-electron chi connectivity index (χ3n) is 5.45. The molecule has 0 aromatic carbocycles. The maximum absolute atomic E-state index is 11.7. The molecule has 0 fully saturated rings. The molecule has 0 aliphatic carbocycles. The van der Waals surface area contributed by atoms with Gasteiger partial charge in [0.05, 0.1) is 13.2 Å². The number of hydrogen-bond acceptors (Lipinski definition) is 4. The van der Waals surface area contributed by atoms with E-state index in [9.17, 15) is 8.42 Å². The Balaban J connectivity index is 0. The topological polar surface area (TPSA) is 52.6 Å². The van der Waals surface area contributed by atoms with E-state index in [2.05, 4.69) is 13.8 Å². The van der Waals surface area contributed by atoms with E-state index in [1.54, 1.807) is 0 Å². The van der Waals surface area contributed by atoms with Gasteiger partial charge in [-0.1, -0.05) is 129 Å². The van der Waals surface area contributed by atoms with Gasteiger partial charge < -0.3 is 0 Å². The van der Waals surface area contributed by atoms with Gasteiger partial charge in [0.15, 0.2) is 0 Å². The predicted molar refractivity (Wildman–Crippen MR) is 125 cm³/mol. The fourth-order valence-electron chi connectivity index (χ4n) is 3.53. The third-order valence-corrected chi connectivity index (χ3v) is 6.36. The molecule has 176 valence electrons. The third kappa shape index (κ3) is 26.5. The molecule has 0 saturated heterocycles. The monoisotopic (exact) mass is 498 g/mol. The molecule has 0 amide bonds. The van der Waals surface area contributed by atoms with E-state index in [0.717, 1.165) is 38.5 Å². The Hall–Kier alpha value is 0.493. The Labute approximate surface area is 201 Å². The van der Waals surface area contributed by atoms with Crippen LogP contribution in [0.1, 0.15) is 142 Å². The van der Waals surface area contributed by atoms with Crippen LogP contribution >= 0.6 is 0 Å². The second-order valence-corrected chi connectivity index (χ2v) is 9.70. The first-order chi connectivity index (χ1) is 14.1. The summed E-state index contributed by atoms with van der Waals surface area (Å²) in [6.07, 6.45) is 24.4. The van der Waals surface area contributed by atoms with Gasteiger partial charge in [0.25, 0.3) is 0 Å². The molecule has 0 N–H and O–H groups in total. The summed E-state index contributed by atoms with van der Waals surface area (Å²) in [7, 11) is -3.80. The molecule has 0 aliphatic heterocycles. The van der Waals surface area contributed by atoms with Crippen LogP contribution in [0.3, 0.4) is 0 Å². The van der Waals surface area contributed by atoms with E-state index in [1.807, 2.05) is 0 Å². The summed E-state index contributed by atoms with van der Waals surface area (Å²) in [5.74, 6) is 0. The zero-order valence-corrected chi connectivity index (χ0v) is 24.1. The smallest absolute Gasteiger partial charge is 0.248 e. The average molecular weight is 500 g/mol. The number of unbranched alkanes of at least 4 members (excludes halogenated alkanes) is 18. The minimum absolute atomic E-state index is 0. The maximum atomic E-state index is 11.7. The second kappa shape index (κ2) is 25.8. The van der Waals surface area contributed by atoms with Crippen LogP contribution in [0.5, 0.6) is 0 Å². The van der Waals surface area contributed by atoms with Crippen molar-refractivity contribution in [1.29, 1.82) is 0 Å². The van der Waals surface area contributed by atoms with Gasteiger partial charge in [-0.25, -0.2) is 8.37 Å². The van der Waals surface area contributed by atoms with Crippen molar-refractivity contribution in [2.75, 3.05) is 13.2 Å². The molecule has 0 aromatic heterocycles. The predicted octanol–water partition coefficient (Wildman–Crippen LogP) is 8.10. The quantitative estimate of drug-likeness (QED) is 0.0993. The van der Waals surface area contributed by atoms with Gasteiger partial charge in [-0.2, -0.15) is 8.42 Å². The Bertz CT molecular complexity index is 383. The van der Waals surface area contributed by atoms with Crippen LogP contribution in [0.15, 0.2) is 0 Å². The molecule has 0 radical (unpaired) electrons. The van der Waals surface area contributed by atoms with Crippen LogP contribution in [-0.2, 0) is 38.2 Å². The summed E-state index contributed by atoms with van der Waals surface area (Å²) in [4.78, 5) is 0. The molecule has 0 rings (SSSR count). The summed E-state index contributed by atoms with van der Waals surface area (Å²) < 4.78 is 33.3. The van der Waals surface area contributed by atoms with Crippen LogP contribution in [0.2, 0.25) is 0 Å². The summed E-state index contributed by atoms with van der Waals surface area (Å²) in [6.45, 7) is 4.98. The second-order valence-electron chi connectivity index (χ2n) is 8.42. The molecular weight excluding hydrogens is 450 g/mol. The molecule has 0 aromatic rings. The molecule has 0 atom stereocenters. The number of rotatable bonds is 24. The molecule has 0 aliphatic rings. The van der Waals surface area contributed by atoms with Crippen LogP contribution in [0.4, 0.5) is 0 Å². The zero-order valence-electron chi connectivity index (χ0n) is 20.3. The molecule has 6 heteroatoms. The van der Waals surface area contributed by atoms with E-state index in [-0.39, 0.29) is 32.7 Å². The van der Waals surface area contributed by atoms with Crippen LogP contribution in [-0.4, -0.2) is 21.6 Å². The first-order valence-electron chi connectivity index (χ1n) is 12.7. The van der Waals surface area contributed by atoms with Crippen LogP contribution in [0.25, 0.3) is 0 Å². The summed E-state index contributed by atoms with van der Waals surface area (Å²) >= 11 is 0. The summed E-state index contributed by atoms with van der Waals surface area (Å²) in [5.41, 5.74) is 0. The van der Waals surface area contributed by atoms with Gasteiger partial charge in [0.1, 0.15) is 0 Å². The van der Waals surface area contributed by atoms with E-state index < -0.39 is 10.4 Å². The molecule has 0 saturated carbocycles. The molecule has 0 heterocycles. The van der Waals surface area contributed by atoms with Crippen molar-refractivity contribution in [2.24, 2.45) is 0 Å². The minimum Gasteiger partial charge on any atom is -0.248 e. The van der Waals surface area contributed by atoms with Crippen molar-refractivity contribution < 1.29 is 36.3 Å². The van der Waals surface area contributed by atoms with Gasteiger partial charge in [-0.3, -0.25) is 0 Å². The largest absolute Gasteiger partial charge is 2.00 e. The Morgan fingerprint density at radius 1 is 0.433 bits per heavy atom. The number of hydrogen-bond donors (Lipinski definition) is 0. The SMILES string of the molecule is CCCCCCCCCCCCOS(=O)(=O)OCCCCCCCCCCCC.[Zn+2]. The van der Waals surface area contributed by atoms with Gasteiger partial charge in [0, 0.05) is 0 Å². The van der Waals surface area contributed by atoms with Gasteiger partial charge in [0.2, 0.25) is 0 Å². The standard InChI is InChI=1S/C24H50O4S.Zn/c1-3-5-7-9-11-13-15-17-19-21-23-27-29(25,26)28-24-22-20-18-16-14-12-10-8-6-4-2;/h3-24H2,1-2H3;/q;+2.